The molecule has 1 rings (SSSR count). The van der Waals surface area contributed by atoms with Gasteiger partial charge >= 0.3 is 0 Å². The predicted molar refractivity (Wildman–Crippen MR) is 69.2 cm³/mol. The number of nitrogen functional groups attached to an aromatic ring is 1. The topological polar surface area (TPSA) is 118 Å². The van der Waals surface area contributed by atoms with Crippen LogP contribution < -0.4 is 16.0 Å². The second kappa shape index (κ2) is 5.65. The lowest BCUT2D eigenvalue weighted by atomic mass is 10.3. The summed E-state index contributed by atoms with van der Waals surface area (Å²) in [5.41, 5.74) is 2.95. The Kier molecular flexibility index (Phi) is 4.68. The fourth-order valence-corrected chi connectivity index (χ4v) is 2.81. The molecule has 0 aliphatic rings. The van der Waals surface area contributed by atoms with Gasteiger partial charge in [0.2, 0.25) is 10.0 Å². The van der Waals surface area contributed by atoms with E-state index in [1.54, 1.807) is 0 Å². The number of hydrazine groups is 1. The third-order valence-corrected chi connectivity index (χ3v) is 4.52. The number of anilines is 1. The second-order valence-electron chi connectivity index (χ2n) is 3.70. The van der Waals surface area contributed by atoms with E-state index < -0.39 is 19.9 Å². The van der Waals surface area contributed by atoms with Crippen molar-refractivity contribution in [1.82, 2.24) is 4.72 Å². The molecule has 1 aromatic rings. The maximum Gasteiger partial charge on any atom is 0.240 e. The first kappa shape index (κ1) is 14.9. The van der Waals surface area contributed by atoms with Crippen LogP contribution in [0.5, 0.6) is 0 Å². The molecule has 0 saturated heterocycles. The highest BCUT2D eigenvalue weighted by Crippen LogP contribution is 2.12. The first-order chi connectivity index (χ1) is 8.24. The van der Waals surface area contributed by atoms with Gasteiger partial charge in [0.15, 0.2) is 0 Å². The van der Waals surface area contributed by atoms with Gasteiger partial charge in [0.05, 0.1) is 10.6 Å². The summed E-state index contributed by atoms with van der Waals surface area (Å²) in [4.78, 5) is 0.0509. The molecule has 0 heterocycles. The number of benzene rings is 1. The Morgan fingerprint density at radius 1 is 1.11 bits per heavy atom. The van der Waals surface area contributed by atoms with E-state index in [4.69, 9.17) is 5.84 Å². The average molecular weight is 293 g/mol. The standard InChI is InChI=1S/C9H15N3O4S2/c1-17(13,14)7-6-11-18(15,16)9-4-2-8(12-10)3-5-9/h2-5,11-12H,6-7,10H2,1H3. The minimum Gasteiger partial charge on any atom is -0.324 e. The first-order valence-electron chi connectivity index (χ1n) is 4.99. The lowest BCUT2D eigenvalue weighted by molar-refractivity contribution is 0.582. The van der Waals surface area contributed by atoms with Gasteiger partial charge in [0.25, 0.3) is 0 Å². The molecule has 18 heavy (non-hydrogen) atoms. The van der Waals surface area contributed by atoms with Crippen LogP contribution in [0, 0.1) is 0 Å². The summed E-state index contributed by atoms with van der Waals surface area (Å²) in [7, 11) is -6.88. The van der Waals surface area contributed by atoms with Crippen LogP contribution in [-0.2, 0) is 19.9 Å². The highest BCUT2D eigenvalue weighted by molar-refractivity contribution is 7.91. The van der Waals surface area contributed by atoms with Crippen LogP contribution in [0.4, 0.5) is 5.69 Å². The molecule has 0 aromatic heterocycles. The van der Waals surface area contributed by atoms with Gasteiger partial charge < -0.3 is 5.43 Å². The molecule has 4 N–H and O–H groups in total. The lowest BCUT2D eigenvalue weighted by Gasteiger charge is -2.07. The van der Waals surface area contributed by atoms with Gasteiger partial charge in [-0.3, -0.25) is 5.84 Å². The SMILES string of the molecule is CS(=O)(=O)CCNS(=O)(=O)c1ccc(NN)cc1. The molecule has 1 aromatic carbocycles. The van der Waals surface area contributed by atoms with Crippen LogP contribution in [0.3, 0.4) is 0 Å². The number of hydrogen-bond donors (Lipinski definition) is 3. The smallest absolute Gasteiger partial charge is 0.240 e. The number of rotatable bonds is 6. The summed E-state index contributed by atoms with van der Waals surface area (Å²) in [5, 5.41) is 0. The minimum atomic E-state index is -3.69. The van der Waals surface area contributed by atoms with Crippen molar-refractivity contribution in [3.05, 3.63) is 24.3 Å². The van der Waals surface area contributed by atoms with Gasteiger partial charge in [-0.25, -0.2) is 21.6 Å². The van der Waals surface area contributed by atoms with Crippen LogP contribution >= 0.6 is 0 Å². The van der Waals surface area contributed by atoms with Crippen LogP contribution in [-0.4, -0.2) is 35.4 Å². The molecule has 0 radical (unpaired) electrons. The van der Waals surface area contributed by atoms with E-state index in [0.717, 1.165) is 6.26 Å². The summed E-state index contributed by atoms with van der Waals surface area (Å²) in [6, 6.07) is 5.76. The van der Waals surface area contributed by atoms with Gasteiger partial charge in [0, 0.05) is 18.5 Å². The molecular formula is C9H15N3O4S2. The Bertz CT molecular complexity index is 593. The zero-order valence-electron chi connectivity index (χ0n) is 9.75. The highest BCUT2D eigenvalue weighted by atomic mass is 32.2. The minimum absolute atomic E-state index is 0.0509. The van der Waals surface area contributed by atoms with Gasteiger partial charge in [-0.2, -0.15) is 0 Å². The molecule has 0 aliphatic carbocycles. The molecule has 9 heteroatoms. The molecule has 7 nitrogen and oxygen atoms in total. The quantitative estimate of drug-likeness (QED) is 0.471. The van der Waals surface area contributed by atoms with Crippen molar-refractivity contribution in [3.8, 4) is 0 Å². The van der Waals surface area contributed by atoms with E-state index in [9.17, 15) is 16.8 Å². The number of nitrogens with one attached hydrogen (secondary N) is 2. The number of hydrogen-bond acceptors (Lipinski definition) is 6. The molecule has 0 saturated carbocycles. The van der Waals surface area contributed by atoms with Crippen molar-refractivity contribution in [2.45, 2.75) is 4.90 Å². The normalized spacial score (nSPS) is 12.3. The zero-order chi connectivity index (χ0) is 13.8. The largest absolute Gasteiger partial charge is 0.324 e. The Balaban J connectivity index is 2.74. The molecule has 0 atom stereocenters. The number of sulfone groups is 1. The van der Waals surface area contributed by atoms with E-state index in [2.05, 4.69) is 10.1 Å². The van der Waals surface area contributed by atoms with Crippen molar-refractivity contribution >= 4 is 25.5 Å². The van der Waals surface area contributed by atoms with Gasteiger partial charge in [-0.15, -0.1) is 0 Å². The summed E-state index contributed by atoms with van der Waals surface area (Å²) < 4.78 is 47.5. The Hall–Kier alpha value is -1.16. The van der Waals surface area contributed by atoms with Crippen molar-refractivity contribution in [2.24, 2.45) is 5.84 Å². The zero-order valence-corrected chi connectivity index (χ0v) is 11.4. The predicted octanol–water partition coefficient (Wildman–Crippen LogP) is -0.705. The third kappa shape index (κ3) is 4.61. The van der Waals surface area contributed by atoms with Crippen molar-refractivity contribution < 1.29 is 16.8 Å². The first-order valence-corrected chi connectivity index (χ1v) is 8.53. The summed E-state index contributed by atoms with van der Waals surface area (Å²) in [6.07, 6.45) is 1.04. The Morgan fingerprint density at radius 3 is 2.11 bits per heavy atom. The molecule has 0 spiro atoms. The van der Waals surface area contributed by atoms with Crippen LogP contribution in [0.2, 0.25) is 0 Å². The summed E-state index contributed by atoms with van der Waals surface area (Å²) in [6.45, 7) is -0.155. The average Bonchev–Trinajstić information content (AvgIpc) is 2.27. The van der Waals surface area contributed by atoms with E-state index in [1.807, 2.05) is 0 Å². The van der Waals surface area contributed by atoms with Crippen molar-refractivity contribution in [1.29, 1.82) is 0 Å². The molecule has 0 unspecified atom stereocenters. The third-order valence-electron chi connectivity index (χ3n) is 2.10. The van der Waals surface area contributed by atoms with E-state index in [1.165, 1.54) is 24.3 Å². The molecule has 0 bridgehead atoms. The van der Waals surface area contributed by atoms with Crippen molar-refractivity contribution in [2.75, 3.05) is 24.0 Å². The fraction of sp³-hybridized carbons (Fsp3) is 0.333. The molecule has 0 aliphatic heterocycles. The summed E-state index contributed by atoms with van der Waals surface area (Å²) >= 11 is 0. The maximum absolute atomic E-state index is 11.8. The van der Waals surface area contributed by atoms with E-state index >= 15 is 0 Å². The summed E-state index contributed by atoms with van der Waals surface area (Å²) in [5.74, 6) is 4.91. The maximum atomic E-state index is 11.8. The van der Waals surface area contributed by atoms with Gasteiger partial charge in [-0.05, 0) is 24.3 Å². The van der Waals surface area contributed by atoms with Gasteiger partial charge in [-0.1, -0.05) is 0 Å². The molecule has 0 amide bonds. The van der Waals surface area contributed by atoms with Crippen LogP contribution in [0.15, 0.2) is 29.2 Å². The Morgan fingerprint density at radius 2 is 1.67 bits per heavy atom. The monoisotopic (exact) mass is 293 g/mol. The highest BCUT2D eigenvalue weighted by Gasteiger charge is 2.14. The number of sulfonamides is 1. The second-order valence-corrected chi connectivity index (χ2v) is 7.72. The van der Waals surface area contributed by atoms with Crippen molar-refractivity contribution in [3.63, 3.8) is 0 Å². The van der Waals surface area contributed by atoms with Gasteiger partial charge in [0.1, 0.15) is 9.84 Å². The van der Waals surface area contributed by atoms with Crippen LogP contribution in [0.1, 0.15) is 0 Å². The van der Waals surface area contributed by atoms with E-state index in [-0.39, 0.29) is 17.2 Å². The fourth-order valence-electron chi connectivity index (χ4n) is 1.18. The van der Waals surface area contributed by atoms with E-state index in [0.29, 0.717) is 5.69 Å². The molecule has 102 valence electrons. The molecule has 0 fully saturated rings. The van der Waals surface area contributed by atoms with Crippen LogP contribution in [0.25, 0.3) is 0 Å². The lowest BCUT2D eigenvalue weighted by Crippen LogP contribution is -2.28. The number of nitrogens with two attached hydrogens (primary N) is 1. The Labute approximate surface area is 106 Å². The molecular weight excluding hydrogens is 278 g/mol.